The lowest BCUT2D eigenvalue weighted by Gasteiger charge is -2.42. The van der Waals surface area contributed by atoms with Crippen LogP contribution in [0.5, 0.6) is 0 Å². The number of thiazole rings is 1. The van der Waals surface area contributed by atoms with E-state index in [0.29, 0.717) is 23.0 Å². The van der Waals surface area contributed by atoms with Crippen LogP contribution in [0.15, 0.2) is 59.5 Å². The number of rotatable bonds is 5. The van der Waals surface area contributed by atoms with Crippen molar-refractivity contribution in [1.82, 2.24) is 25.1 Å². The molecule has 178 valence electrons. The first-order valence-electron chi connectivity index (χ1n) is 11.8. The van der Waals surface area contributed by atoms with Crippen LogP contribution < -0.4 is 15.8 Å². The van der Waals surface area contributed by atoms with E-state index < -0.39 is 0 Å². The molecule has 0 aliphatic carbocycles. The molecule has 1 amide bonds. The Bertz CT molecular complexity index is 1440. The van der Waals surface area contributed by atoms with Crippen LogP contribution in [0.3, 0.4) is 0 Å². The summed E-state index contributed by atoms with van der Waals surface area (Å²) in [5.41, 5.74) is 4.72. The first-order chi connectivity index (χ1) is 17.1. The van der Waals surface area contributed by atoms with Gasteiger partial charge in [-0.2, -0.15) is 5.10 Å². The van der Waals surface area contributed by atoms with E-state index in [1.807, 2.05) is 47.9 Å². The number of fused-ring (bicyclic) bond motifs is 4. The molecule has 6 rings (SSSR count). The number of hydrogen-bond acceptors (Lipinski definition) is 6. The van der Waals surface area contributed by atoms with Crippen LogP contribution in [0, 0.1) is 12.8 Å². The monoisotopic (exact) mass is 486 g/mol. The van der Waals surface area contributed by atoms with Gasteiger partial charge in [-0.15, -0.1) is 0 Å². The SMILES string of the molecule is Cc1[nH]ncc1CNC(=O)c1sc(N2C[C@@H]3C[C@@H](C2)c2cccc(=O)n2C3)nc1-c1ccccc1. The highest BCUT2D eigenvalue weighted by Gasteiger charge is 2.36. The molecular formula is C26H26N6O2S. The maximum Gasteiger partial charge on any atom is 0.264 e. The average molecular weight is 487 g/mol. The summed E-state index contributed by atoms with van der Waals surface area (Å²) in [6.45, 7) is 4.69. The van der Waals surface area contributed by atoms with Crippen molar-refractivity contribution in [3.8, 4) is 11.3 Å². The van der Waals surface area contributed by atoms with E-state index in [4.69, 9.17) is 4.98 Å². The molecule has 2 aliphatic heterocycles. The Hall–Kier alpha value is -3.72. The van der Waals surface area contributed by atoms with Crippen LogP contribution in [0.25, 0.3) is 11.3 Å². The van der Waals surface area contributed by atoms with Gasteiger partial charge in [-0.05, 0) is 25.3 Å². The number of carbonyl (C=O) groups is 1. The molecule has 0 spiro atoms. The van der Waals surface area contributed by atoms with Crippen molar-refractivity contribution >= 4 is 22.4 Å². The number of anilines is 1. The average Bonchev–Trinajstić information content (AvgIpc) is 3.50. The van der Waals surface area contributed by atoms with Gasteiger partial charge >= 0.3 is 0 Å². The lowest BCUT2D eigenvalue weighted by molar-refractivity contribution is 0.0955. The summed E-state index contributed by atoms with van der Waals surface area (Å²) in [6.07, 6.45) is 2.82. The van der Waals surface area contributed by atoms with Gasteiger partial charge in [-0.1, -0.05) is 47.7 Å². The molecule has 5 heterocycles. The summed E-state index contributed by atoms with van der Waals surface area (Å²) in [5.74, 6) is 0.524. The lowest BCUT2D eigenvalue weighted by atomic mass is 9.83. The van der Waals surface area contributed by atoms with Crippen molar-refractivity contribution in [2.45, 2.75) is 32.4 Å². The third-order valence-electron chi connectivity index (χ3n) is 6.99. The third kappa shape index (κ3) is 4.05. The van der Waals surface area contributed by atoms with E-state index in [-0.39, 0.29) is 17.4 Å². The molecule has 9 heteroatoms. The fraction of sp³-hybridized carbons (Fsp3) is 0.308. The summed E-state index contributed by atoms with van der Waals surface area (Å²) in [5, 5.41) is 10.8. The van der Waals surface area contributed by atoms with Crippen molar-refractivity contribution in [3.05, 3.63) is 86.9 Å². The quantitative estimate of drug-likeness (QED) is 0.450. The second kappa shape index (κ2) is 8.81. The predicted octanol–water partition coefficient (Wildman–Crippen LogP) is 3.56. The predicted molar refractivity (Wildman–Crippen MR) is 136 cm³/mol. The lowest BCUT2D eigenvalue weighted by Crippen LogP contribution is -2.47. The Morgan fingerprint density at radius 2 is 2.00 bits per heavy atom. The van der Waals surface area contributed by atoms with Crippen molar-refractivity contribution in [3.63, 3.8) is 0 Å². The highest BCUT2D eigenvalue weighted by Crippen LogP contribution is 2.40. The van der Waals surface area contributed by atoms with Crippen LogP contribution >= 0.6 is 11.3 Å². The molecule has 1 fully saturated rings. The highest BCUT2D eigenvalue weighted by atomic mass is 32.1. The Labute approximate surface area is 206 Å². The van der Waals surface area contributed by atoms with Gasteiger partial charge in [0.25, 0.3) is 11.5 Å². The van der Waals surface area contributed by atoms with E-state index in [1.165, 1.54) is 11.3 Å². The van der Waals surface area contributed by atoms with Gasteiger partial charge in [0.1, 0.15) is 4.88 Å². The van der Waals surface area contributed by atoms with Crippen LogP contribution in [-0.4, -0.2) is 38.7 Å². The zero-order valence-corrected chi connectivity index (χ0v) is 20.2. The molecule has 3 aromatic heterocycles. The summed E-state index contributed by atoms with van der Waals surface area (Å²) in [4.78, 5) is 33.6. The minimum absolute atomic E-state index is 0.0816. The van der Waals surface area contributed by atoms with E-state index in [1.54, 1.807) is 12.3 Å². The van der Waals surface area contributed by atoms with Gasteiger partial charge in [0.2, 0.25) is 0 Å². The fourth-order valence-electron chi connectivity index (χ4n) is 5.25. The minimum Gasteiger partial charge on any atom is -0.347 e. The van der Waals surface area contributed by atoms with Crippen molar-refractivity contribution in [1.29, 1.82) is 0 Å². The zero-order valence-electron chi connectivity index (χ0n) is 19.4. The number of hydrogen-bond donors (Lipinski definition) is 2. The fourth-order valence-corrected chi connectivity index (χ4v) is 6.27. The van der Waals surface area contributed by atoms with Gasteiger partial charge in [-0.3, -0.25) is 14.7 Å². The first-order valence-corrected chi connectivity index (χ1v) is 12.7. The van der Waals surface area contributed by atoms with Crippen molar-refractivity contribution < 1.29 is 4.79 Å². The standard InChI is InChI=1S/C26H26N6O2S/c1-16-20(12-28-30-16)11-27-25(34)24-23(18-6-3-2-4-7-18)29-26(35-24)31-13-17-10-19(15-31)21-8-5-9-22(33)32(21)14-17/h2-9,12,17,19H,10-11,13-15H2,1H3,(H,27,34)(H,28,30)/t17-,19-/m0/s1. The molecule has 1 aromatic carbocycles. The molecule has 0 radical (unpaired) electrons. The Kier molecular flexibility index (Phi) is 5.49. The second-order valence-corrected chi connectivity index (χ2v) is 10.3. The van der Waals surface area contributed by atoms with Crippen LogP contribution in [0.2, 0.25) is 0 Å². The number of aromatic nitrogens is 4. The molecule has 0 saturated carbocycles. The molecule has 0 unspecified atom stereocenters. The molecular weight excluding hydrogens is 460 g/mol. The van der Waals surface area contributed by atoms with Gasteiger partial charge in [0, 0.05) is 60.7 Å². The number of amides is 1. The van der Waals surface area contributed by atoms with E-state index in [9.17, 15) is 9.59 Å². The number of aromatic amines is 1. The highest BCUT2D eigenvalue weighted by molar-refractivity contribution is 7.18. The Morgan fingerprint density at radius 1 is 1.14 bits per heavy atom. The normalized spacial score (nSPS) is 18.8. The summed E-state index contributed by atoms with van der Waals surface area (Å²) >= 11 is 1.44. The zero-order chi connectivity index (χ0) is 23.9. The Balaban J connectivity index is 1.31. The number of piperidine rings is 1. The molecule has 2 aliphatic rings. The third-order valence-corrected chi connectivity index (χ3v) is 8.11. The number of carbonyl (C=O) groups excluding carboxylic acids is 1. The topological polar surface area (TPSA) is 95.9 Å². The van der Waals surface area contributed by atoms with E-state index >= 15 is 0 Å². The van der Waals surface area contributed by atoms with Crippen LogP contribution in [-0.2, 0) is 13.1 Å². The van der Waals surface area contributed by atoms with Crippen molar-refractivity contribution in [2.75, 3.05) is 18.0 Å². The second-order valence-electron chi connectivity index (χ2n) is 9.35. The van der Waals surface area contributed by atoms with Gasteiger partial charge < -0.3 is 14.8 Å². The summed E-state index contributed by atoms with van der Waals surface area (Å²) in [6, 6.07) is 15.4. The Morgan fingerprint density at radius 3 is 2.80 bits per heavy atom. The molecule has 2 atom stereocenters. The van der Waals surface area contributed by atoms with E-state index in [0.717, 1.165) is 53.7 Å². The minimum atomic E-state index is -0.137. The molecule has 4 aromatic rings. The van der Waals surface area contributed by atoms with Crippen LogP contribution in [0.1, 0.15) is 39.0 Å². The first kappa shape index (κ1) is 21.8. The summed E-state index contributed by atoms with van der Waals surface area (Å²) in [7, 11) is 0. The van der Waals surface area contributed by atoms with Gasteiger partial charge in [-0.25, -0.2) is 4.98 Å². The molecule has 2 bridgehead atoms. The largest absolute Gasteiger partial charge is 0.347 e. The maximum absolute atomic E-state index is 13.3. The molecule has 1 saturated heterocycles. The number of nitrogens with one attached hydrogen (secondary N) is 2. The molecule has 8 nitrogen and oxygen atoms in total. The summed E-state index contributed by atoms with van der Waals surface area (Å²) < 4.78 is 1.93. The molecule has 2 N–H and O–H groups in total. The van der Waals surface area contributed by atoms with E-state index in [2.05, 4.69) is 26.5 Å². The van der Waals surface area contributed by atoms with Crippen LogP contribution in [0.4, 0.5) is 5.13 Å². The molecule has 35 heavy (non-hydrogen) atoms. The number of aryl methyl sites for hydroxylation is 1. The van der Waals surface area contributed by atoms with Gasteiger partial charge in [0.05, 0.1) is 11.9 Å². The number of benzene rings is 1. The smallest absolute Gasteiger partial charge is 0.264 e. The number of pyridine rings is 1. The maximum atomic E-state index is 13.3. The number of nitrogens with zero attached hydrogens (tertiary/aromatic N) is 4. The van der Waals surface area contributed by atoms with Gasteiger partial charge in [0.15, 0.2) is 5.13 Å². The number of H-pyrrole nitrogens is 1. The van der Waals surface area contributed by atoms with Crippen molar-refractivity contribution in [2.24, 2.45) is 5.92 Å².